The average molecular weight is 485 g/mol. The van der Waals surface area contributed by atoms with E-state index in [1.54, 1.807) is 11.1 Å². The molecule has 3 heterocycles. The number of methoxy groups -OCH3 is 1. The first kappa shape index (κ1) is 21.8. The van der Waals surface area contributed by atoms with Gasteiger partial charge >= 0.3 is 6.09 Å². The summed E-state index contributed by atoms with van der Waals surface area (Å²) in [6, 6.07) is 3.19. The third-order valence-electron chi connectivity index (χ3n) is 4.61. The van der Waals surface area contributed by atoms with Crippen LogP contribution in [0, 0.1) is 0 Å². The molecule has 1 fully saturated rings. The number of carbonyl (C=O) groups is 1. The van der Waals surface area contributed by atoms with E-state index in [0.29, 0.717) is 64.7 Å². The van der Waals surface area contributed by atoms with Gasteiger partial charge in [0, 0.05) is 43.3 Å². The number of aromatic hydroxyl groups is 1. The summed E-state index contributed by atoms with van der Waals surface area (Å²) in [4.78, 5) is 32.7. The number of hydrogen-bond acceptors (Lipinski definition) is 10. The molecule has 1 aromatic carbocycles. The van der Waals surface area contributed by atoms with E-state index in [4.69, 9.17) is 32.8 Å². The van der Waals surface area contributed by atoms with E-state index in [1.807, 2.05) is 0 Å². The second-order valence-electron chi connectivity index (χ2n) is 6.66. The van der Waals surface area contributed by atoms with Crippen molar-refractivity contribution in [3.63, 3.8) is 0 Å². The molecule has 0 bridgehead atoms. The molecule has 0 unspecified atom stereocenters. The van der Waals surface area contributed by atoms with Gasteiger partial charge in [0.1, 0.15) is 12.1 Å². The number of fused-ring (bicyclic) bond motifs is 1. The number of hydrogen-bond donors (Lipinski definition) is 2. The van der Waals surface area contributed by atoms with Gasteiger partial charge in [0.2, 0.25) is 5.88 Å². The van der Waals surface area contributed by atoms with Crippen molar-refractivity contribution in [3.8, 4) is 11.6 Å². The molecule has 1 amide bonds. The largest absolute Gasteiger partial charge is 0.506 e. The molecular formula is C18H18Cl2N6O4S. The number of phenols is 1. The average Bonchev–Trinajstić information content (AvgIpc) is 3.15. The molecule has 164 valence electrons. The van der Waals surface area contributed by atoms with Gasteiger partial charge in [0.25, 0.3) is 0 Å². The number of nitrogens with zero attached hydrogens (tertiary/aromatic N) is 5. The number of hydroxylamine groups is 2. The lowest BCUT2D eigenvalue weighted by Crippen LogP contribution is -2.46. The lowest BCUT2D eigenvalue weighted by molar-refractivity contribution is -0.119. The molecular weight excluding hydrogens is 467 g/mol. The molecule has 13 heteroatoms. The van der Waals surface area contributed by atoms with Gasteiger partial charge in [-0.05, 0) is 12.1 Å². The van der Waals surface area contributed by atoms with Crippen molar-refractivity contribution in [2.75, 3.05) is 38.6 Å². The second kappa shape index (κ2) is 9.37. The number of carbonyl (C=O) groups excluding carboxylic acids is 1. The minimum atomic E-state index is -0.640. The summed E-state index contributed by atoms with van der Waals surface area (Å²) in [5, 5.41) is 15.3. The van der Waals surface area contributed by atoms with Crippen LogP contribution in [0.1, 0.15) is 5.56 Å². The van der Waals surface area contributed by atoms with Crippen molar-refractivity contribution in [3.05, 3.63) is 34.1 Å². The zero-order chi connectivity index (χ0) is 22.0. The number of anilines is 1. The van der Waals surface area contributed by atoms with Gasteiger partial charge in [-0.1, -0.05) is 34.5 Å². The zero-order valence-corrected chi connectivity index (χ0v) is 18.7. The molecule has 0 radical (unpaired) electrons. The van der Waals surface area contributed by atoms with Crippen molar-refractivity contribution in [1.82, 2.24) is 24.9 Å². The molecule has 31 heavy (non-hydrogen) atoms. The number of rotatable bonds is 5. The van der Waals surface area contributed by atoms with Gasteiger partial charge in [-0.15, -0.1) is 5.06 Å². The Kier molecular flexibility index (Phi) is 6.58. The monoisotopic (exact) mass is 484 g/mol. The molecule has 4 rings (SSSR count). The predicted octanol–water partition coefficient (Wildman–Crippen LogP) is 3.39. The maximum atomic E-state index is 12.3. The molecule has 0 atom stereocenters. The van der Waals surface area contributed by atoms with Gasteiger partial charge in [-0.2, -0.15) is 4.98 Å². The summed E-state index contributed by atoms with van der Waals surface area (Å²) in [7, 11) is 1.49. The summed E-state index contributed by atoms with van der Waals surface area (Å²) < 4.78 is 5.15. The number of piperazine rings is 1. The van der Waals surface area contributed by atoms with E-state index in [2.05, 4.69) is 25.2 Å². The summed E-state index contributed by atoms with van der Waals surface area (Å²) in [5.74, 6) is 0.368. The molecule has 1 saturated heterocycles. The van der Waals surface area contributed by atoms with Gasteiger partial charge in [-0.3, -0.25) is 10.2 Å². The molecule has 0 aliphatic carbocycles. The molecule has 0 saturated carbocycles. The summed E-state index contributed by atoms with van der Waals surface area (Å²) >= 11 is 13.2. The van der Waals surface area contributed by atoms with Gasteiger partial charge < -0.3 is 14.7 Å². The Morgan fingerprint density at radius 3 is 2.77 bits per heavy atom. The summed E-state index contributed by atoms with van der Waals surface area (Å²) in [6.07, 6.45) is 0.733. The smallest absolute Gasteiger partial charge is 0.432 e. The normalized spacial score (nSPS) is 15.2. The van der Waals surface area contributed by atoms with Crippen molar-refractivity contribution in [2.45, 2.75) is 6.54 Å². The van der Waals surface area contributed by atoms with Crippen LogP contribution in [0.2, 0.25) is 10.0 Å². The number of phenolic OH excluding ortho intramolecular Hbond substituents is 1. The number of ether oxygens (including phenoxy) is 1. The van der Waals surface area contributed by atoms with E-state index in [0.717, 1.165) is 0 Å². The number of nitrogens with one attached hydrogen (secondary N) is 1. The fourth-order valence-electron chi connectivity index (χ4n) is 3.12. The molecule has 10 nitrogen and oxygen atoms in total. The summed E-state index contributed by atoms with van der Waals surface area (Å²) in [6.45, 7) is 2.75. The molecule has 3 aromatic rings. The second-order valence-corrected chi connectivity index (χ2v) is 8.48. The van der Waals surface area contributed by atoms with E-state index in [9.17, 15) is 9.90 Å². The van der Waals surface area contributed by atoms with Crippen LogP contribution < -0.4 is 10.1 Å². The molecule has 0 spiro atoms. The Bertz CT molecular complexity index is 1110. The fourth-order valence-corrected chi connectivity index (χ4v) is 4.44. The molecule has 1 aliphatic heterocycles. The van der Waals surface area contributed by atoms with Crippen molar-refractivity contribution >= 4 is 56.1 Å². The van der Waals surface area contributed by atoms with E-state index in [1.165, 1.54) is 30.8 Å². The quantitative estimate of drug-likeness (QED) is 0.562. The molecule has 1 aliphatic rings. The minimum absolute atomic E-state index is 0.0290. The Hall–Kier alpha value is -2.44. The topological polar surface area (TPSA) is 113 Å². The van der Waals surface area contributed by atoms with Crippen LogP contribution in [0.15, 0.2) is 18.5 Å². The van der Waals surface area contributed by atoms with Crippen LogP contribution in [-0.2, 0) is 11.4 Å². The number of thiazole rings is 1. The third-order valence-corrected chi connectivity index (χ3v) is 5.99. The highest BCUT2D eigenvalue weighted by atomic mass is 35.5. The van der Waals surface area contributed by atoms with E-state index >= 15 is 0 Å². The highest BCUT2D eigenvalue weighted by Gasteiger charge is 2.22. The SMILES string of the molecule is COc1ncnc2sc(NC(=O)ON3CCN(Cc4cc(Cl)cc(Cl)c4O)CC3)nc12. The highest BCUT2D eigenvalue weighted by molar-refractivity contribution is 7.22. The van der Waals surface area contributed by atoms with Crippen molar-refractivity contribution in [1.29, 1.82) is 0 Å². The Morgan fingerprint density at radius 2 is 2.03 bits per heavy atom. The van der Waals surface area contributed by atoms with Gasteiger partial charge in [0.15, 0.2) is 15.5 Å². The van der Waals surface area contributed by atoms with E-state index < -0.39 is 6.09 Å². The standard InChI is InChI=1S/C18H18Cl2N6O4S/c1-29-15-13-16(22-9-21-15)31-17(23-13)24-18(28)30-26-4-2-25(3-5-26)8-10-6-11(19)7-12(20)14(10)27/h6-7,9,27H,2-5,8H2,1H3,(H,23,24,28). The lowest BCUT2D eigenvalue weighted by Gasteiger charge is -2.33. The highest BCUT2D eigenvalue weighted by Crippen LogP contribution is 2.32. The fraction of sp³-hybridized carbons (Fsp3) is 0.333. The number of amides is 1. The third kappa shape index (κ3) is 5.08. The van der Waals surface area contributed by atoms with Crippen LogP contribution in [0.3, 0.4) is 0 Å². The Labute approximate surface area is 191 Å². The van der Waals surface area contributed by atoms with Crippen LogP contribution in [0.5, 0.6) is 11.6 Å². The van der Waals surface area contributed by atoms with E-state index in [-0.39, 0.29) is 10.8 Å². The first-order chi connectivity index (χ1) is 14.9. The maximum Gasteiger partial charge on any atom is 0.432 e. The van der Waals surface area contributed by atoms with Crippen LogP contribution in [0.25, 0.3) is 10.3 Å². The predicted molar refractivity (Wildman–Crippen MR) is 117 cm³/mol. The van der Waals surface area contributed by atoms with Gasteiger partial charge in [-0.25, -0.2) is 14.8 Å². The lowest BCUT2D eigenvalue weighted by atomic mass is 10.1. The Balaban J connectivity index is 1.29. The van der Waals surface area contributed by atoms with Crippen molar-refractivity contribution in [2.24, 2.45) is 0 Å². The van der Waals surface area contributed by atoms with Crippen LogP contribution >= 0.6 is 34.5 Å². The molecule has 2 N–H and O–H groups in total. The summed E-state index contributed by atoms with van der Waals surface area (Å²) in [5.41, 5.74) is 1.13. The number of aromatic nitrogens is 3. The van der Waals surface area contributed by atoms with Gasteiger partial charge in [0.05, 0.1) is 12.1 Å². The number of benzene rings is 1. The first-order valence-electron chi connectivity index (χ1n) is 9.21. The maximum absolute atomic E-state index is 12.3. The van der Waals surface area contributed by atoms with Crippen LogP contribution in [0.4, 0.5) is 9.93 Å². The molecule has 2 aromatic heterocycles. The Morgan fingerprint density at radius 1 is 1.26 bits per heavy atom. The minimum Gasteiger partial charge on any atom is -0.506 e. The van der Waals surface area contributed by atoms with Crippen molar-refractivity contribution < 1.29 is 19.5 Å². The number of halogens is 2. The van der Waals surface area contributed by atoms with Crippen LogP contribution in [-0.4, -0.2) is 69.4 Å². The zero-order valence-electron chi connectivity index (χ0n) is 16.3. The first-order valence-corrected chi connectivity index (χ1v) is 10.8.